The Morgan fingerprint density at radius 1 is 1.19 bits per heavy atom. The number of aliphatic hydroxyl groups excluding tert-OH is 1. The summed E-state index contributed by atoms with van der Waals surface area (Å²) in [5.74, 6) is 0.289. The van der Waals surface area contributed by atoms with Gasteiger partial charge in [-0.15, -0.1) is 0 Å². The highest BCUT2D eigenvalue weighted by Gasteiger charge is 2.27. The standard InChI is InChI=1S/C24H40N2O5/c1-24(2,31-4)13-7-5-6-10-22(28)25-19(17-26-14-8-9-15-26)23(29)18-11-12-20(27)21(16-18)30-3/h11-12,16,19,23,27,29H,5-10,13-15,17H2,1-4H3,(H,25,28)/t19-,23-/m1/s1. The maximum absolute atomic E-state index is 12.6. The second-order valence-corrected chi connectivity index (χ2v) is 9.08. The lowest BCUT2D eigenvalue weighted by Gasteiger charge is -2.29. The molecule has 1 fully saturated rings. The van der Waals surface area contributed by atoms with Crippen molar-refractivity contribution in [3.8, 4) is 11.5 Å². The number of aliphatic hydroxyl groups is 1. The zero-order chi connectivity index (χ0) is 22.9. The van der Waals surface area contributed by atoms with E-state index in [1.807, 2.05) is 0 Å². The van der Waals surface area contributed by atoms with Gasteiger partial charge in [-0.2, -0.15) is 0 Å². The predicted molar refractivity (Wildman–Crippen MR) is 121 cm³/mol. The van der Waals surface area contributed by atoms with Crippen LogP contribution in [-0.2, 0) is 9.53 Å². The molecule has 0 radical (unpaired) electrons. The van der Waals surface area contributed by atoms with Crippen LogP contribution in [-0.4, -0.2) is 66.5 Å². The van der Waals surface area contributed by atoms with Gasteiger partial charge in [0.1, 0.15) is 6.10 Å². The first-order valence-electron chi connectivity index (χ1n) is 11.4. The smallest absolute Gasteiger partial charge is 0.220 e. The fourth-order valence-corrected chi connectivity index (χ4v) is 3.97. The van der Waals surface area contributed by atoms with Crippen LogP contribution in [0.25, 0.3) is 0 Å². The third kappa shape index (κ3) is 8.31. The van der Waals surface area contributed by atoms with E-state index < -0.39 is 12.1 Å². The molecule has 0 aliphatic carbocycles. The number of methoxy groups -OCH3 is 2. The molecule has 1 aromatic rings. The Hall–Kier alpha value is -1.83. The number of nitrogens with zero attached hydrogens (tertiary/aromatic N) is 1. The predicted octanol–water partition coefficient (Wildman–Crippen LogP) is 3.39. The van der Waals surface area contributed by atoms with Crippen LogP contribution in [0.4, 0.5) is 0 Å². The molecule has 2 atom stereocenters. The highest BCUT2D eigenvalue weighted by Crippen LogP contribution is 2.30. The zero-order valence-electron chi connectivity index (χ0n) is 19.5. The number of hydrogen-bond acceptors (Lipinski definition) is 6. The van der Waals surface area contributed by atoms with Crippen LogP contribution in [0, 0.1) is 0 Å². The van der Waals surface area contributed by atoms with E-state index in [1.54, 1.807) is 19.2 Å². The van der Waals surface area contributed by atoms with Gasteiger partial charge in [0.15, 0.2) is 11.5 Å². The SMILES string of the molecule is COc1cc([C@@H](O)[C@@H](CN2CCCC2)NC(=O)CCCCCC(C)(C)OC)ccc1O. The fourth-order valence-electron chi connectivity index (χ4n) is 3.97. The van der Waals surface area contributed by atoms with Gasteiger partial charge in [0, 0.05) is 20.1 Å². The van der Waals surface area contributed by atoms with Gasteiger partial charge in [-0.3, -0.25) is 4.79 Å². The van der Waals surface area contributed by atoms with Crippen molar-refractivity contribution in [3.05, 3.63) is 23.8 Å². The molecule has 1 heterocycles. The van der Waals surface area contributed by atoms with Crippen LogP contribution in [0.15, 0.2) is 18.2 Å². The quantitative estimate of drug-likeness (QED) is 0.411. The molecule has 7 nitrogen and oxygen atoms in total. The normalized spacial score (nSPS) is 16.8. The molecule has 0 aromatic heterocycles. The lowest BCUT2D eigenvalue weighted by Crippen LogP contribution is -2.46. The molecule has 0 bridgehead atoms. The topological polar surface area (TPSA) is 91.3 Å². The Balaban J connectivity index is 1.93. The number of phenolic OH excluding ortho intramolecular Hbond substituents is 1. The number of phenols is 1. The summed E-state index contributed by atoms with van der Waals surface area (Å²) in [6.07, 6.45) is 5.59. The lowest BCUT2D eigenvalue weighted by atomic mass is 9.99. The summed E-state index contributed by atoms with van der Waals surface area (Å²) in [5, 5.41) is 23.9. The van der Waals surface area contributed by atoms with E-state index in [4.69, 9.17) is 9.47 Å². The van der Waals surface area contributed by atoms with Gasteiger partial charge < -0.3 is 29.9 Å². The third-order valence-electron chi connectivity index (χ3n) is 6.16. The molecule has 1 aliphatic rings. The van der Waals surface area contributed by atoms with Gasteiger partial charge in [-0.1, -0.05) is 18.9 Å². The van der Waals surface area contributed by atoms with Gasteiger partial charge in [0.25, 0.3) is 0 Å². The Morgan fingerprint density at radius 3 is 2.55 bits per heavy atom. The molecule has 0 unspecified atom stereocenters. The molecule has 1 saturated heterocycles. The Labute approximate surface area is 186 Å². The first-order chi connectivity index (χ1) is 14.8. The van der Waals surface area contributed by atoms with E-state index in [1.165, 1.54) is 13.2 Å². The zero-order valence-corrected chi connectivity index (χ0v) is 19.5. The molecule has 3 N–H and O–H groups in total. The van der Waals surface area contributed by atoms with E-state index in [0.717, 1.165) is 51.6 Å². The number of carbonyl (C=O) groups is 1. The minimum Gasteiger partial charge on any atom is -0.504 e. The van der Waals surface area contributed by atoms with Gasteiger partial charge in [-0.25, -0.2) is 0 Å². The molecular weight excluding hydrogens is 396 g/mol. The highest BCUT2D eigenvalue weighted by atomic mass is 16.5. The minimum absolute atomic E-state index is 0.0234. The molecule has 1 aromatic carbocycles. The van der Waals surface area contributed by atoms with Crippen LogP contribution >= 0.6 is 0 Å². The second-order valence-electron chi connectivity index (χ2n) is 9.08. The van der Waals surface area contributed by atoms with Gasteiger partial charge in [0.2, 0.25) is 5.91 Å². The maximum atomic E-state index is 12.6. The average molecular weight is 437 g/mol. The van der Waals surface area contributed by atoms with Crippen molar-refractivity contribution >= 4 is 5.91 Å². The van der Waals surface area contributed by atoms with Gasteiger partial charge in [0.05, 0.1) is 18.8 Å². The summed E-state index contributed by atoms with van der Waals surface area (Å²) in [5.41, 5.74) is 0.485. The number of nitrogens with one attached hydrogen (secondary N) is 1. The van der Waals surface area contributed by atoms with Crippen molar-refractivity contribution in [2.45, 2.75) is 76.5 Å². The van der Waals surface area contributed by atoms with Gasteiger partial charge in [-0.05, 0) is 70.3 Å². The van der Waals surface area contributed by atoms with E-state index in [-0.39, 0.29) is 17.3 Å². The van der Waals surface area contributed by atoms with Gasteiger partial charge >= 0.3 is 0 Å². The van der Waals surface area contributed by atoms with Crippen LogP contribution in [0.3, 0.4) is 0 Å². The fraction of sp³-hybridized carbons (Fsp3) is 0.708. The van der Waals surface area contributed by atoms with Crippen LogP contribution in [0.2, 0.25) is 0 Å². The lowest BCUT2D eigenvalue weighted by molar-refractivity contribution is -0.123. The van der Waals surface area contributed by atoms with Crippen molar-refractivity contribution in [2.75, 3.05) is 33.9 Å². The summed E-state index contributed by atoms with van der Waals surface area (Å²) in [7, 11) is 3.20. The molecule has 1 aliphatic heterocycles. The summed E-state index contributed by atoms with van der Waals surface area (Å²) < 4.78 is 10.6. The van der Waals surface area contributed by atoms with Crippen LogP contribution < -0.4 is 10.1 Å². The average Bonchev–Trinajstić information content (AvgIpc) is 3.26. The first-order valence-corrected chi connectivity index (χ1v) is 11.4. The molecule has 1 amide bonds. The summed E-state index contributed by atoms with van der Waals surface area (Å²) in [4.78, 5) is 14.9. The minimum atomic E-state index is -0.887. The van der Waals surface area contributed by atoms with Crippen molar-refractivity contribution in [3.63, 3.8) is 0 Å². The van der Waals surface area contributed by atoms with E-state index in [9.17, 15) is 15.0 Å². The highest BCUT2D eigenvalue weighted by molar-refractivity contribution is 5.76. The molecule has 0 spiro atoms. The molecule has 2 rings (SSSR count). The molecule has 0 saturated carbocycles. The summed E-state index contributed by atoms with van der Waals surface area (Å²) in [6, 6.07) is 4.38. The van der Waals surface area contributed by atoms with E-state index in [0.29, 0.717) is 24.3 Å². The summed E-state index contributed by atoms with van der Waals surface area (Å²) >= 11 is 0. The number of likely N-dealkylation sites (tertiary alicyclic amines) is 1. The maximum Gasteiger partial charge on any atom is 0.220 e. The van der Waals surface area contributed by atoms with Crippen molar-refractivity contribution in [1.29, 1.82) is 0 Å². The Bertz CT molecular complexity index is 689. The largest absolute Gasteiger partial charge is 0.504 e. The van der Waals surface area contributed by atoms with Crippen LogP contribution in [0.5, 0.6) is 11.5 Å². The number of carbonyl (C=O) groups excluding carboxylic acids is 1. The molecular formula is C24H40N2O5. The van der Waals surface area contributed by atoms with Crippen molar-refractivity contribution in [1.82, 2.24) is 10.2 Å². The number of rotatable bonds is 13. The molecule has 176 valence electrons. The van der Waals surface area contributed by atoms with E-state index >= 15 is 0 Å². The van der Waals surface area contributed by atoms with Crippen LogP contribution in [0.1, 0.15) is 70.5 Å². The first kappa shape index (κ1) is 25.4. The van der Waals surface area contributed by atoms with Crippen molar-refractivity contribution in [2.24, 2.45) is 0 Å². The number of aromatic hydroxyl groups is 1. The van der Waals surface area contributed by atoms with E-state index in [2.05, 4.69) is 24.1 Å². The Kier molecular flexibility index (Phi) is 10.1. The molecule has 7 heteroatoms. The number of amides is 1. The third-order valence-corrected chi connectivity index (χ3v) is 6.16. The number of benzene rings is 1. The molecule has 31 heavy (non-hydrogen) atoms. The van der Waals surface area contributed by atoms with Crippen molar-refractivity contribution < 1.29 is 24.5 Å². The number of ether oxygens (including phenoxy) is 2. The number of hydrogen-bond donors (Lipinski definition) is 3. The second kappa shape index (κ2) is 12.3. The monoisotopic (exact) mass is 436 g/mol. The Morgan fingerprint density at radius 2 is 1.90 bits per heavy atom. The summed E-state index contributed by atoms with van der Waals surface area (Å²) in [6.45, 7) is 6.70. The number of unbranched alkanes of at least 4 members (excludes halogenated alkanes) is 2.